The van der Waals surface area contributed by atoms with E-state index in [2.05, 4.69) is 25.9 Å². The number of aromatic carboxylic acids is 1. The molecule has 0 aromatic carbocycles. The van der Waals surface area contributed by atoms with Crippen molar-refractivity contribution in [1.29, 1.82) is 0 Å². The standard InChI is InChI=1S/C19H29N3O3/c1-13-8-14(10-19(2,3)9-13)17(23)21-6-4-16(5-7-21)22-12-15(11-20-22)18(24)25/h11-14,16H,4-10H2,1-3H3,(H,24,25). The average molecular weight is 347 g/mol. The van der Waals surface area contributed by atoms with E-state index in [-0.39, 0.29) is 22.9 Å². The lowest BCUT2D eigenvalue weighted by Crippen LogP contribution is -2.45. The zero-order valence-corrected chi connectivity index (χ0v) is 15.4. The van der Waals surface area contributed by atoms with Crippen molar-refractivity contribution >= 4 is 11.9 Å². The zero-order valence-electron chi connectivity index (χ0n) is 15.4. The second-order valence-corrected chi connectivity index (χ2v) is 8.68. The van der Waals surface area contributed by atoms with E-state index < -0.39 is 5.97 Å². The SMILES string of the molecule is CC1CC(C(=O)N2CCC(n3cc(C(=O)O)cn3)CC2)CC(C)(C)C1. The molecule has 6 nitrogen and oxygen atoms in total. The van der Waals surface area contributed by atoms with Crippen molar-refractivity contribution in [2.75, 3.05) is 13.1 Å². The molecule has 6 heteroatoms. The molecule has 25 heavy (non-hydrogen) atoms. The quantitative estimate of drug-likeness (QED) is 0.911. The van der Waals surface area contributed by atoms with Gasteiger partial charge in [0.05, 0.1) is 17.8 Å². The molecule has 0 bridgehead atoms. The lowest BCUT2D eigenvalue weighted by atomic mass is 9.67. The Balaban J connectivity index is 1.58. The van der Waals surface area contributed by atoms with Crippen molar-refractivity contribution in [2.24, 2.45) is 17.3 Å². The van der Waals surface area contributed by atoms with Crippen LogP contribution >= 0.6 is 0 Å². The van der Waals surface area contributed by atoms with Crippen LogP contribution in [0.4, 0.5) is 0 Å². The molecule has 1 aliphatic heterocycles. The first kappa shape index (κ1) is 18.0. The van der Waals surface area contributed by atoms with E-state index in [1.165, 1.54) is 12.6 Å². The van der Waals surface area contributed by atoms with E-state index in [0.29, 0.717) is 11.8 Å². The molecule has 1 amide bonds. The van der Waals surface area contributed by atoms with Crippen LogP contribution < -0.4 is 0 Å². The summed E-state index contributed by atoms with van der Waals surface area (Å²) >= 11 is 0. The van der Waals surface area contributed by atoms with Crippen LogP contribution in [-0.2, 0) is 4.79 Å². The maximum Gasteiger partial charge on any atom is 0.338 e. The summed E-state index contributed by atoms with van der Waals surface area (Å²) in [5.41, 5.74) is 0.468. The Kier molecular flexibility index (Phi) is 4.89. The van der Waals surface area contributed by atoms with Gasteiger partial charge in [0, 0.05) is 25.2 Å². The highest BCUT2D eigenvalue weighted by Gasteiger charge is 2.38. The maximum atomic E-state index is 12.9. The summed E-state index contributed by atoms with van der Waals surface area (Å²) in [4.78, 5) is 25.9. The summed E-state index contributed by atoms with van der Waals surface area (Å²) in [6, 6.07) is 0.180. The number of carbonyl (C=O) groups is 2. The molecule has 3 rings (SSSR count). The van der Waals surface area contributed by atoms with Crippen molar-refractivity contribution in [3.63, 3.8) is 0 Å². The van der Waals surface area contributed by atoms with Crippen molar-refractivity contribution in [3.8, 4) is 0 Å². The summed E-state index contributed by atoms with van der Waals surface area (Å²) < 4.78 is 1.75. The number of rotatable bonds is 3. The van der Waals surface area contributed by atoms with Crippen LogP contribution in [-0.4, -0.2) is 44.8 Å². The number of hydrogen-bond acceptors (Lipinski definition) is 3. The van der Waals surface area contributed by atoms with Gasteiger partial charge in [0.25, 0.3) is 0 Å². The van der Waals surface area contributed by atoms with Crippen LogP contribution in [0.25, 0.3) is 0 Å². The van der Waals surface area contributed by atoms with Gasteiger partial charge in [-0.15, -0.1) is 0 Å². The van der Waals surface area contributed by atoms with Crippen LogP contribution in [0.1, 0.15) is 69.3 Å². The van der Waals surface area contributed by atoms with Gasteiger partial charge in [-0.2, -0.15) is 5.10 Å². The normalized spacial score (nSPS) is 27.2. The number of amides is 1. The molecular formula is C19H29N3O3. The van der Waals surface area contributed by atoms with E-state index in [4.69, 9.17) is 5.11 Å². The van der Waals surface area contributed by atoms with Crippen LogP contribution in [0.15, 0.2) is 12.4 Å². The molecule has 1 aromatic heterocycles. The second-order valence-electron chi connectivity index (χ2n) is 8.68. The van der Waals surface area contributed by atoms with Crippen molar-refractivity contribution < 1.29 is 14.7 Å². The third-order valence-corrected chi connectivity index (χ3v) is 5.73. The first-order valence-electron chi connectivity index (χ1n) is 9.31. The monoisotopic (exact) mass is 347 g/mol. The number of hydrogen-bond donors (Lipinski definition) is 1. The predicted molar refractivity (Wildman–Crippen MR) is 94.3 cm³/mol. The predicted octanol–water partition coefficient (Wildman–Crippen LogP) is 3.21. The maximum absolute atomic E-state index is 12.9. The van der Waals surface area contributed by atoms with Gasteiger partial charge < -0.3 is 10.0 Å². The van der Waals surface area contributed by atoms with E-state index in [1.54, 1.807) is 10.9 Å². The molecule has 2 aliphatic rings. The van der Waals surface area contributed by atoms with Gasteiger partial charge in [0.1, 0.15) is 0 Å². The van der Waals surface area contributed by atoms with Crippen molar-refractivity contribution in [3.05, 3.63) is 18.0 Å². The molecule has 1 aliphatic carbocycles. The number of carboxylic acids is 1. The summed E-state index contributed by atoms with van der Waals surface area (Å²) in [5.74, 6) is 0.116. The molecular weight excluding hydrogens is 318 g/mol. The Morgan fingerprint density at radius 1 is 1.24 bits per heavy atom. The second kappa shape index (κ2) is 6.81. The topological polar surface area (TPSA) is 75.4 Å². The van der Waals surface area contributed by atoms with Gasteiger partial charge in [-0.1, -0.05) is 20.8 Å². The highest BCUT2D eigenvalue weighted by atomic mass is 16.4. The highest BCUT2D eigenvalue weighted by Crippen LogP contribution is 2.42. The molecule has 2 atom stereocenters. The molecule has 1 saturated heterocycles. The summed E-state index contributed by atoms with van der Waals surface area (Å²) in [6.45, 7) is 8.26. The minimum Gasteiger partial charge on any atom is -0.478 e. The first-order chi connectivity index (χ1) is 11.7. The Morgan fingerprint density at radius 3 is 2.48 bits per heavy atom. The van der Waals surface area contributed by atoms with Crippen molar-refractivity contribution in [1.82, 2.24) is 14.7 Å². The van der Waals surface area contributed by atoms with E-state index in [1.807, 2.05) is 4.90 Å². The summed E-state index contributed by atoms with van der Waals surface area (Å²) in [5, 5.41) is 13.2. The van der Waals surface area contributed by atoms with Gasteiger partial charge >= 0.3 is 5.97 Å². The van der Waals surface area contributed by atoms with Gasteiger partial charge in [0.15, 0.2) is 0 Å². The van der Waals surface area contributed by atoms with Crippen LogP contribution in [0.5, 0.6) is 0 Å². The van der Waals surface area contributed by atoms with Crippen LogP contribution in [0.2, 0.25) is 0 Å². The fraction of sp³-hybridized carbons (Fsp3) is 0.737. The fourth-order valence-electron chi connectivity index (χ4n) is 4.79. The fourth-order valence-corrected chi connectivity index (χ4v) is 4.79. The number of carbonyl (C=O) groups excluding carboxylic acids is 1. The smallest absolute Gasteiger partial charge is 0.338 e. The molecule has 138 valence electrons. The Labute approximate surface area is 149 Å². The summed E-state index contributed by atoms with van der Waals surface area (Å²) in [6.07, 6.45) is 7.84. The van der Waals surface area contributed by atoms with Gasteiger partial charge in [-0.25, -0.2) is 4.79 Å². The molecule has 2 unspecified atom stereocenters. The minimum atomic E-state index is -0.951. The average Bonchev–Trinajstić information content (AvgIpc) is 3.02. The summed E-state index contributed by atoms with van der Waals surface area (Å²) in [7, 11) is 0. The number of carboxylic acid groups (broad SMARTS) is 1. The molecule has 0 radical (unpaired) electrons. The first-order valence-corrected chi connectivity index (χ1v) is 9.31. The highest BCUT2D eigenvalue weighted by molar-refractivity contribution is 5.86. The third kappa shape index (κ3) is 4.05. The molecule has 2 heterocycles. The molecule has 1 aromatic rings. The molecule has 0 spiro atoms. The van der Waals surface area contributed by atoms with E-state index in [0.717, 1.165) is 38.8 Å². The Bertz CT molecular complexity index is 644. The van der Waals surface area contributed by atoms with Gasteiger partial charge in [0.2, 0.25) is 5.91 Å². The number of aromatic nitrogens is 2. The lowest BCUT2D eigenvalue weighted by Gasteiger charge is -2.41. The zero-order chi connectivity index (χ0) is 18.2. The van der Waals surface area contributed by atoms with Crippen LogP contribution in [0, 0.1) is 17.3 Å². The van der Waals surface area contributed by atoms with E-state index >= 15 is 0 Å². The van der Waals surface area contributed by atoms with Gasteiger partial charge in [-0.3, -0.25) is 9.48 Å². The number of piperidine rings is 1. The minimum absolute atomic E-state index is 0.151. The Hall–Kier alpha value is -1.85. The number of likely N-dealkylation sites (tertiary alicyclic amines) is 1. The van der Waals surface area contributed by atoms with Gasteiger partial charge in [-0.05, 0) is 43.4 Å². The van der Waals surface area contributed by atoms with Crippen molar-refractivity contribution in [2.45, 2.75) is 58.9 Å². The largest absolute Gasteiger partial charge is 0.478 e. The van der Waals surface area contributed by atoms with E-state index in [9.17, 15) is 9.59 Å². The number of nitrogens with zero attached hydrogens (tertiary/aromatic N) is 3. The third-order valence-electron chi connectivity index (χ3n) is 5.73. The molecule has 2 fully saturated rings. The molecule has 1 saturated carbocycles. The lowest BCUT2D eigenvalue weighted by molar-refractivity contribution is -0.140. The Morgan fingerprint density at radius 2 is 1.92 bits per heavy atom. The molecule has 1 N–H and O–H groups in total. The van der Waals surface area contributed by atoms with Crippen LogP contribution in [0.3, 0.4) is 0 Å².